The number of carbonyl (C=O) groups is 2. The molecule has 0 bridgehead atoms. The van der Waals surface area contributed by atoms with Crippen molar-refractivity contribution in [3.8, 4) is 0 Å². The number of rotatable bonds is 5. The van der Waals surface area contributed by atoms with Crippen molar-refractivity contribution in [3.05, 3.63) is 29.8 Å². The Bertz CT molecular complexity index is 584. The Morgan fingerprint density at radius 2 is 1.57 bits per heavy atom. The van der Waals surface area contributed by atoms with Crippen LogP contribution in [0.4, 0.5) is 5.69 Å². The summed E-state index contributed by atoms with van der Waals surface area (Å²) in [5.74, 6) is 0.458. The number of benzene rings is 1. The molecule has 0 saturated heterocycles. The summed E-state index contributed by atoms with van der Waals surface area (Å²) in [5, 5.41) is 7.01. The van der Waals surface area contributed by atoms with Crippen molar-refractivity contribution in [2.75, 3.05) is 5.32 Å². The molecular weight excluding hydrogens is 266 g/mol. The van der Waals surface area contributed by atoms with Crippen LogP contribution in [0.1, 0.15) is 38.2 Å². The van der Waals surface area contributed by atoms with E-state index >= 15 is 0 Å². The van der Waals surface area contributed by atoms with Gasteiger partial charge in [0.15, 0.2) is 0 Å². The molecule has 2 amide bonds. The Kier molecular flexibility index (Phi) is 3.73. The van der Waals surface area contributed by atoms with Gasteiger partial charge in [-0.25, -0.2) is 5.43 Å². The number of nitrogens with one attached hydrogen (secondary N) is 2. The third kappa shape index (κ3) is 3.68. The van der Waals surface area contributed by atoms with Gasteiger partial charge < -0.3 is 5.32 Å². The summed E-state index contributed by atoms with van der Waals surface area (Å²) in [6, 6.07) is 7.50. The van der Waals surface area contributed by atoms with Crippen molar-refractivity contribution in [1.82, 2.24) is 5.43 Å². The maximum absolute atomic E-state index is 11.7. The topological polar surface area (TPSA) is 70.6 Å². The molecule has 2 aliphatic rings. The third-order valence-electron chi connectivity index (χ3n) is 3.80. The van der Waals surface area contributed by atoms with E-state index in [1.54, 1.807) is 0 Å². The highest BCUT2D eigenvalue weighted by Gasteiger charge is 2.30. The summed E-state index contributed by atoms with van der Waals surface area (Å²) in [6.07, 6.45) is 3.93. The SMILES string of the molecule is C/C(=N/NC(=O)C1CC1)c1ccc(NC(=O)C2CC2)cc1. The van der Waals surface area contributed by atoms with Crippen molar-refractivity contribution < 1.29 is 9.59 Å². The smallest absolute Gasteiger partial charge is 0.243 e. The molecule has 2 aliphatic carbocycles. The van der Waals surface area contributed by atoms with Crippen LogP contribution in [0.5, 0.6) is 0 Å². The first-order valence-corrected chi connectivity index (χ1v) is 7.39. The number of carbonyl (C=O) groups excluding carboxylic acids is 2. The van der Waals surface area contributed by atoms with Crippen LogP contribution in [-0.2, 0) is 9.59 Å². The van der Waals surface area contributed by atoms with Gasteiger partial charge in [0, 0.05) is 17.5 Å². The number of hydrazone groups is 1. The molecule has 21 heavy (non-hydrogen) atoms. The summed E-state index contributed by atoms with van der Waals surface area (Å²) < 4.78 is 0. The van der Waals surface area contributed by atoms with Crippen LogP contribution in [0.3, 0.4) is 0 Å². The van der Waals surface area contributed by atoms with Crippen LogP contribution in [0.25, 0.3) is 0 Å². The largest absolute Gasteiger partial charge is 0.326 e. The highest BCUT2D eigenvalue weighted by atomic mass is 16.2. The Morgan fingerprint density at radius 1 is 1.00 bits per heavy atom. The van der Waals surface area contributed by atoms with E-state index in [1.807, 2.05) is 31.2 Å². The maximum atomic E-state index is 11.7. The molecule has 0 radical (unpaired) electrons. The monoisotopic (exact) mass is 285 g/mol. The minimum absolute atomic E-state index is 0.00247. The summed E-state index contributed by atoms with van der Waals surface area (Å²) in [6.45, 7) is 1.85. The van der Waals surface area contributed by atoms with Crippen LogP contribution in [0.2, 0.25) is 0 Å². The fourth-order valence-electron chi connectivity index (χ4n) is 2.02. The quantitative estimate of drug-likeness (QED) is 0.643. The van der Waals surface area contributed by atoms with Crippen LogP contribution in [0, 0.1) is 11.8 Å². The predicted octanol–water partition coefficient (Wildman–Crippen LogP) is 2.29. The van der Waals surface area contributed by atoms with Gasteiger partial charge in [0.2, 0.25) is 11.8 Å². The normalized spacial score (nSPS) is 18.2. The summed E-state index contributed by atoms with van der Waals surface area (Å²) in [5.41, 5.74) is 5.07. The zero-order valence-electron chi connectivity index (χ0n) is 12.1. The zero-order chi connectivity index (χ0) is 14.8. The molecule has 110 valence electrons. The molecule has 0 aliphatic heterocycles. The standard InChI is InChI=1S/C16H19N3O2/c1-10(18-19-16(21)13-4-5-13)11-6-8-14(9-7-11)17-15(20)12-2-3-12/h6-9,12-13H,2-5H2,1H3,(H,17,20)(H,19,21)/b18-10-. The van der Waals surface area contributed by atoms with Crippen molar-refractivity contribution in [1.29, 1.82) is 0 Å². The first-order valence-electron chi connectivity index (χ1n) is 7.39. The van der Waals surface area contributed by atoms with E-state index in [0.717, 1.165) is 42.6 Å². The Labute approximate surface area is 123 Å². The average molecular weight is 285 g/mol. The van der Waals surface area contributed by atoms with E-state index in [9.17, 15) is 9.59 Å². The van der Waals surface area contributed by atoms with Gasteiger partial charge in [0.1, 0.15) is 0 Å². The lowest BCUT2D eigenvalue weighted by Crippen LogP contribution is -2.20. The van der Waals surface area contributed by atoms with Crippen molar-refractivity contribution >= 4 is 23.2 Å². The molecule has 5 heteroatoms. The molecule has 1 aromatic rings. The molecule has 2 saturated carbocycles. The van der Waals surface area contributed by atoms with E-state index in [-0.39, 0.29) is 23.7 Å². The maximum Gasteiger partial charge on any atom is 0.243 e. The second-order valence-electron chi connectivity index (χ2n) is 5.79. The molecule has 0 atom stereocenters. The molecule has 0 spiro atoms. The molecule has 1 aromatic carbocycles. The molecule has 0 unspecified atom stereocenters. The van der Waals surface area contributed by atoms with Crippen LogP contribution in [0.15, 0.2) is 29.4 Å². The molecule has 3 rings (SSSR count). The van der Waals surface area contributed by atoms with Gasteiger partial charge >= 0.3 is 0 Å². The number of anilines is 1. The van der Waals surface area contributed by atoms with Crippen molar-refractivity contribution in [2.24, 2.45) is 16.9 Å². The Balaban J connectivity index is 1.58. The van der Waals surface area contributed by atoms with Gasteiger partial charge in [-0.05, 0) is 50.3 Å². The second kappa shape index (κ2) is 5.68. The van der Waals surface area contributed by atoms with Crippen LogP contribution in [-0.4, -0.2) is 17.5 Å². The van der Waals surface area contributed by atoms with E-state index in [4.69, 9.17) is 0 Å². The molecule has 2 fully saturated rings. The predicted molar refractivity (Wildman–Crippen MR) is 80.9 cm³/mol. The molecule has 5 nitrogen and oxygen atoms in total. The summed E-state index contributed by atoms with van der Waals surface area (Å²) in [4.78, 5) is 23.2. The third-order valence-corrected chi connectivity index (χ3v) is 3.80. The van der Waals surface area contributed by atoms with E-state index in [2.05, 4.69) is 15.8 Å². The van der Waals surface area contributed by atoms with Gasteiger partial charge in [-0.3, -0.25) is 9.59 Å². The fraction of sp³-hybridized carbons (Fsp3) is 0.438. The minimum atomic E-state index is 0.00247. The van der Waals surface area contributed by atoms with Crippen LogP contribution < -0.4 is 10.7 Å². The summed E-state index contributed by atoms with van der Waals surface area (Å²) >= 11 is 0. The van der Waals surface area contributed by atoms with Gasteiger partial charge in [0.05, 0.1) is 5.71 Å². The lowest BCUT2D eigenvalue weighted by Gasteiger charge is -2.06. The number of hydrogen-bond acceptors (Lipinski definition) is 3. The van der Waals surface area contributed by atoms with Crippen LogP contribution >= 0.6 is 0 Å². The number of hydrogen-bond donors (Lipinski definition) is 2. The van der Waals surface area contributed by atoms with E-state index in [0.29, 0.717) is 0 Å². The van der Waals surface area contributed by atoms with Crippen molar-refractivity contribution in [2.45, 2.75) is 32.6 Å². The number of nitrogens with zero attached hydrogens (tertiary/aromatic N) is 1. The molecular formula is C16H19N3O2. The van der Waals surface area contributed by atoms with Gasteiger partial charge in [-0.1, -0.05) is 12.1 Å². The first-order chi connectivity index (χ1) is 10.1. The van der Waals surface area contributed by atoms with Gasteiger partial charge in [-0.2, -0.15) is 5.10 Å². The first kappa shape index (κ1) is 13.8. The zero-order valence-corrected chi connectivity index (χ0v) is 12.1. The van der Waals surface area contributed by atoms with Gasteiger partial charge in [0.25, 0.3) is 0 Å². The molecule has 0 heterocycles. The summed E-state index contributed by atoms with van der Waals surface area (Å²) in [7, 11) is 0. The highest BCUT2D eigenvalue weighted by Crippen LogP contribution is 2.30. The van der Waals surface area contributed by atoms with E-state index < -0.39 is 0 Å². The van der Waals surface area contributed by atoms with E-state index in [1.165, 1.54) is 0 Å². The lowest BCUT2D eigenvalue weighted by molar-refractivity contribution is -0.122. The van der Waals surface area contributed by atoms with Crippen molar-refractivity contribution in [3.63, 3.8) is 0 Å². The fourth-order valence-corrected chi connectivity index (χ4v) is 2.02. The number of amides is 2. The second-order valence-corrected chi connectivity index (χ2v) is 5.79. The lowest BCUT2D eigenvalue weighted by atomic mass is 10.1. The Morgan fingerprint density at radius 3 is 2.14 bits per heavy atom. The average Bonchev–Trinajstić information content (AvgIpc) is 3.37. The Hall–Kier alpha value is -2.17. The molecule has 0 aromatic heterocycles. The molecule has 2 N–H and O–H groups in total. The minimum Gasteiger partial charge on any atom is -0.326 e. The highest BCUT2D eigenvalue weighted by molar-refractivity contribution is 6.00. The van der Waals surface area contributed by atoms with Gasteiger partial charge in [-0.15, -0.1) is 0 Å².